The lowest BCUT2D eigenvalue weighted by Gasteiger charge is -2.16. The molecule has 1 rings (SSSR count). The van der Waals surface area contributed by atoms with Gasteiger partial charge in [0, 0.05) is 26.7 Å². The van der Waals surface area contributed by atoms with Crippen molar-refractivity contribution in [3.05, 3.63) is 32.5 Å². The standard InChI is InChI=1S/C12H17BrFN3O3/c1-16(5-6-20-2)4-3-15-11-7-9(13)10(14)8-12(11)17(18)19/h7-8,15H,3-6H2,1-2H3. The highest BCUT2D eigenvalue weighted by Gasteiger charge is 2.17. The minimum Gasteiger partial charge on any atom is -0.383 e. The second-order valence-electron chi connectivity index (χ2n) is 4.26. The van der Waals surface area contributed by atoms with Gasteiger partial charge in [-0.2, -0.15) is 0 Å². The molecule has 1 aromatic rings. The highest BCUT2D eigenvalue weighted by atomic mass is 79.9. The van der Waals surface area contributed by atoms with Gasteiger partial charge < -0.3 is 15.0 Å². The smallest absolute Gasteiger partial charge is 0.295 e. The summed E-state index contributed by atoms with van der Waals surface area (Å²) in [6, 6.07) is 2.28. The van der Waals surface area contributed by atoms with Crippen LogP contribution in [0.5, 0.6) is 0 Å². The van der Waals surface area contributed by atoms with Crippen molar-refractivity contribution in [2.24, 2.45) is 0 Å². The van der Waals surface area contributed by atoms with Gasteiger partial charge in [-0.05, 0) is 29.0 Å². The molecule has 0 spiro atoms. The molecule has 8 heteroatoms. The molecular weight excluding hydrogens is 333 g/mol. The number of anilines is 1. The van der Waals surface area contributed by atoms with Crippen LogP contribution in [0.1, 0.15) is 0 Å². The van der Waals surface area contributed by atoms with E-state index in [0.29, 0.717) is 25.4 Å². The molecule has 0 amide bonds. The number of methoxy groups -OCH3 is 1. The van der Waals surface area contributed by atoms with Crippen LogP contribution >= 0.6 is 15.9 Å². The molecule has 0 aliphatic rings. The Hall–Kier alpha value is -1.25. The van der Waals surface area contributed by atoms with Crippen molar-refractivity contribution in [3.63, 3.8) is 0 Å². The van der Waals surface area contributed by atoms with Gasteiger partial charge in [0.1, 0.15) is 11.5 Å². The third-order valence-electron chi connectivity index (χ3n) is 2.72. The summed E-state index contributed by atoms with van der Waals surface area (Å²) in [4.78, 5) is 12.3. The van der Waals surface area contributed by atoms with Crippen molar-refractivity contribution in [1.82, 2.24) is 4.90 Å². The second-order valence-corrected chi connectivity index (χ2v) is 5.12. The van der Waals surface area contributed by atoms with Gasteiger partial charge in [0.2, 0.25) is 0 Å². The number of nitrogens with zero attached hydrogens (tertiary/aromatic N) is 2. The first-order chi connectivity index (χ1) is 9.45. The van der Waals surface area contributed by atoms with Gasteiger partial charge in [0.05, 0.1) is 22.1 Å². The average Bonchev–Trinajstić information content (AvgIpc) is 2.39. The van der Waals surface area contributed by atoms with E-state index in [1.54, 1.807) is 7.11 Å². The Morgan fingerprint density at radius 3 is 2.80 bits per heavy atom. The minimum atomic E-state index is -0.653. The van der Waals surface area contributed by atoms with E-state index in [-0.39, 0.29) is 10.2 Å². The van der Waals surface area contributed by atoms with Crippen molar-refractivity contribution in [2.75, 3.05) is 45.7 Å². The van der Waals surface area contributed by atoms with Gasteiger partial charge in [-0.3, -0.25) is 10.1 Å². The van der Waals surface area contributed by atoms with Gasteiger partial charge >= 0.3 is 0 Å². The highest BCUT2D eigenvalue weighted by Crippen LogP contribution is 2.30. The van der Waals surface area contributed by atoms with E-state index in [2.05, 4.69) is 21.2 Å². The maximum atomic E-state index is 13.3. The lowest BCUT2D eigenvalue weighted by molar-refractivity contribution is -0.384. The van der Waals surface area contributed by atoms with Crippen molar-refractivity contribution >= 4 is 27.3 Å². The first-order valence-electron chi connectivity index (χ1n) is 6.00. The van der Waals surface area contributed by atoms with Crippen LogP contribution in [0.2, 0.25) is 0 Å². The number of nitro groups is 1. The van der Waals surface area contributed by atoms with Crippen molar-refractivity contribution in [2.45, 2.75) is 0 Å². The lowest BCUT2D eigenvalue weighted by atomic mass is 10.2. The Bertz CT molecular complexity index is 474. The van der Waals surface area contributed by atoms with E-state index < -0.39 is 10.7 Å². The SMILES string of the molecule is COCCN(C)CCNc1cc(Br)c(F)cc1[N+](=O)[O-]. The number of halogens is 2. The fraction of sp³-hybridized carbons (Fsp3) is 0.500. The Balaban J connectivity index is 2.63. The van der Waals surface area contributed by atoms with Crippen molar-refractivity contribution < 1.29 is 14.1 Å². The lowest BCUT2D eigenvalue weighted by Crippen LogP contribution is -2.28. The molecule has 0 heterocycles. The first-order valence-corrected chi connectivity index (χ1v) is 6.79. The molecule has 1 N–H and O–H groups in total. The maximum Gasteiger partial charge on any atom is 0.295 e. The van der Waals surface area contributed by atoms with Crippen LogP contribution in [0.3, 0.4) is 0 Å². The minimum absolute atomic E-state index is 0.193. The van der Waals surface area contributed by atoms with Crippen LogP contribution in [0.4, 0.5) is 15.8 Å². The number of nitro benzene ring substituents is 1. The first kappa shape index (κ1) is 16.8. The summed E-state index contributed by atoms with van der Waals surface area (Å²) in [7, 11) is 3.56. The van der Waals surface area contributed by atoms with Crippen LogP contribution < -0.4 is 5.32 Å². The summed E-state index contributed by atoms with van der Waals surface area (Å²) in [5, 5.41) is 13.8. The number of hydrogen-bond acceptors (Lipinski definition) is 5. The van der Waals surface area contributed by atoms with E-state index in [9.17, 15) is 14.5 Å². The monoisotopic (exact) mass is 349 g/mol. The summed E-state index contributed by atoms with van der Waals surface area (Å²) in [5.74, 6) is -0.653. The average molecular weight is 350 g/mol. The summed E-state index contributed by atoms with van der Waals surface area (Å²) >= 11 is 3.02. The van der Waals surface area contributed by atoms with Crippen LogP contribution in [0.15, 0.2) is 16.6 Å². The van der Waals surface area contributed by atoms with Crippen LogP contribution in [-0.4, -0.2) is 50.2 Å². The van der Waals surface area contributed by atoms with Crippen LogP contribution in [-0.2, 0) is 4.74 Å². The third-order valence-corrected chi connectivity index (χ3v) is 3.33. The number of rotatable bonds is 8. The molecule has 0 bridgehead atoms. The molecule has 1 aromatic carbocycles. The molecule has 0 unspecified atom stereocenters. The Kier molecular flexibility index (Phi) is 6.83. The third kappa shape index (κ3) is 5.03. The van der Waals surface area contributed by atoms with Gasteiger partial charge in [0.25, 0.3) is 5.69 Å². The quantitative estimate of drug-likeness (QED) is 0.576. The number of hydrogen-bond donors (Lipinski definition) is 1. The van der Waals surface area contributed by atoms with Gasteiger partial charge in [-0.1, -0.05) is 0 Å². The number of nitrogens with one attached hydrogen (secondary N) is 1. The maximum absolute atomic E-state index is 13.3. The molecule has 0 aliphatic carbocycles. The molecule has 6 nitrogen and oxygen atoms in total. The van der Waals surface area contributed by atoms with E-state index in [4.69, 9.17) is 4.74 Å². The Labute approximate surface area is 125 Å². The normalized spacial score (nSPS) is 10.8. The summed E-state index contributed by atoms with van der Waals surface area (Å²) in [6.45, 7) is 2.60. The molecule has 0 atom stereocenters. The molecule has 0 saturated heterocycles. The molecular formula is C12H17BrFN3O3. The number of likely N-dealkylation sites (N-methyl/N-ethyl adjacent to an activating group) is 1. The molecule has 0 radical (unpaired) electrons. The largest absolute Gasteiger partial charge is 0.383 e. The topological polar surface area (TPSA) is 67.6 Å². The number of ether oxygens (including phenoxy) is 1. The summed E-state index contributed by atoms with van der Waals surface area (Å²) < 4.78 is 18.5. The zero-order chi connectivity index (χ0) is 15.1. The van der Waals surface area contributed by atoms with Gasteiger partial charge in [0.15, 0.2) is 0 Å². The molecule has 0 fully saturated rings. The number of benzene rings is 1. The van der Waals surface area contributed by atoms with E-state index in [0.717, 1.165) is 12.6 Å². The van der Waals surface area contributed by atoms with Crippen molar-refractivity contribution in [1.29, 1.82) is 0 Å². The molecule has 112 valence electrons. The molecule has 0 aliphatic heterocycles. The zero-order valence-electron chi connectivity index (χ0n) is 11.4. The van der Waals surface area contributed by atoms with Crippen molar-refractivity contribution in [3.8, 4) is 0 Å². The second kappa shape index (κ2) is 8.13. The van der Waals surface area contributed by atoms with E-state index in [1.807, 2.05) is 11.9 Å². The Morgan fingerprint density at radius 2 is 2.20 bits per heavy atom. The predicted molar refractivity (Wildman–Crippen MR) is 78.6 cm³/mol. The molecule has 20 heavy (non-hydrogen) atoms. The zero-order valence-corrected chi connectivity index (χ0v) is 12.9. The highest BCUT2D eigenvalue weighted by molar-refractivity contribution is 9.10. The fourth-order valence-electron chi connectivity index (χ4n) is 1.57. The van der Waals surface area contributed by atoms with Gasteiger partial charge in [-0.25, -0.2) is 4.39 Å². The molecule has 0 aromatic heterocycles. The van der Waals surface area contributed by atoms with Crippen LogP contribution in [0.25, 0.3) is 0 Å². The van der Waals surface area contributed by atoms with E-state index in [1.165, 1.54) is 6.07 Å². The fourth-order valence-corrected chi connectivity index (χ4v) is 1.91. The Morgan fingerprint density at radius 1 is 1.50 bits per heavy atom. The summed E-state index contributed by atoms with van der Waals surface area (Å²) in [5.41, 5.74) is 0.0219. The van der Waals surface area contributed by atoms with Crippen LogP contribution in [0, 0.1) is 15.9 Å². The molecule has 0 saturated carbocycles. The summed E-state index contributed by atoms with van der Waals surface area (Å²) in [6.07, 6.45) is 0. The van der Waals surface area contributed by atoms with Gasteiger partial charge in [-0.15, -0.1) is 0 Å². The predicted octanol–water partition coefficient (Wildman–Crippen LogP) is 2.49. The van der Waals surface area contributed by atoms with E-state index >= 15 is 0 Å².